The fraction of sp³-hybridized carbons (Fsp3) is 0.429. The smallest absolute Gasteiger partial charge is 0.253 e. The van der Waals surface area contributed by atoms with Crippen molar-refractivity contribution < 1.29 is 14.0 Å². The highest BCUT2D eigenvalue weighted by atomic mass is 35.5. The molecule has 1 aliphatic rings. The van der Waals surface area contributed by atoms with E-state index in [0.29, 0.717) is 6.42 Å². The van der Waals surface area contributed by atoms with E-state index in [0.717, 1.165) is 0 Å². The standard InChI is InChI=1S/C14H16ClFN2O2/c1-4-14(3)13(20)18(8(2)12(19)17-14)11-7-9(16)5-6-10(11)15/h5-8H,4H2,1-3H3,(H,17,19). The van der Waals surface area contributed by atoms with Gasteiger partial charge in [-0.05, 0) is 38.5 Å². The zero-order valence-corrected chi connectivity index (χ0v) is 12.3. The van der Waals surface area contributed by atoms with Crippen molar-refractivity contribution in [2.75, 3.05) is 4.90 Å². The molecule has 1 heterocycles. The van der Waals surface area contributed by atoms with E-state index < -0.39 is 17.4 Å². The molecular formula is C14H16ClFN2O2. The Morgan fingerprint density at radius 3 is 2.70 bits per heavy atom. The van der Waals surface area contributed by atoms with E-state index in [-0.39, 0.29) is 22.5 Å². The molecular weight excluding hydrogens is 283 g/mol. The molecule has 0 bridgehead atoms. The molecule has 1 N–H and O–H groups in total. The monoisotopic (exact) mass is 298 g/mol. The van der Waals surface area contributed by atoms with Crippen LogP contribution in [0.15, 0.2) is 18.2 Å². The van der Waals surface area contributed by atoms with Crippen LogP contribution in [0.5, 0.6) is 0 Å². The highest BCUT2D eigenvalue weighted by Crippen LogP contribution is 2.33. The maximum absolute atomic E-state index is 13.4. The Labute approximate surface area is 121 Å². The Bertz CT molecular complexity index is 578. The first-order valence-corrected chi connectivity index (χ1v) is 6.78. The minimum Gasteiger partial charge on any atom is -0.340 e. The summed E-state index contributed by atoms with van der Waals surface area (Å²) in [5, 5.41) is 2.94. The topological polar surface area (TPSA) is 49.4 Å². The van der Waals surface area contributed by atoms with Gasteiger partial charge in [-0.15, -0.1) is 0 Å². The predicted octanol–water partition coefficient (Wildman–Crippen LogP) is 2.50. The van der Waals surface area contributed by atoms with Gasteiger partial charge in [0.2, 0.25) is 5.91 Å². The Kier molecular flexibility index (Phi) is 3.73. The summed E-state index contributed by atoms with van der Waals surface area (Å²) in [5.74, 6) is -1.08. The van der Waals surface area contributed by atoms with Crippen LogP contribution < -0.4 is 10.2 Å². The second-order valence-electron chi connectivity index (χ2n) is 5.12. The summed E-state index contributed by atoms with van der Waals surface area (Å²) < 4.78 is 13.4. The Morgan fingerprint density at radius 2 is 2.10 bits per heavy atom. The number of amides is 2. The third-order valence-electron chi connectivity index (χ3n) is 3.73. The molecule has 0 spiro atoms. The predicted molar refractivity (Wildman–Crippen MR) is 75.2 cm³/mol. The highest BCUT2D eigenvalue weighted by molar-refractivity contribution is 6.34. The summed E-state index contributed by atoms with van der Waals surface area (Å²) in [4.78, 5) is 26.0. The van der Waals surface area contributed by atoms with Crippen molar-refractivity contribution in [3.8, 4) is 0 Å². The fourth-order valence-corrected chi connectivity index (χ4v) is 2.43. The number of carbonyl (C=O) groups excluding carboxylic acids is 2. The number of nitrogens with one attached hydrogen (secondary N) is 1. The van der Waals surface area contributed by atoms with Crippen molar-refractivity contribution in [1.29, 1.82) is 0 Å². The normalized spacial score (nSPS) is 26.6. The summed E-state index contributed by atoms with van der Waals surface area (Å²) in [6, 6.07) is 3.03. The van der Waals surface area contributed by atoms with Crippen LogP contribution in [0.3, 0.4) is 0 Å². The third kappa shape index (κ3) is 2.26. The summed E-state index contributed by atoms with van der Waals surface area (Å²) in [6.07, 6.45) is 0.438. The number of hydrogen-bond donors (Lipinski definition) is 1. The van der Waals surface area contributed by atoms with Gasteiger partial charge in [0.1, 0.15) is 17.4 Å². The first kappa shape index (κ1) is 14.8. The Morgan fingerprint density at radius 1 is 1.45 bits per heavy atom. The molecule has 1 aliphatic heterocycles. The van der Waals surface area contributed by atoms with Crippen LogP contribution in [0.2, 0.25) is 5.02 Å². The lowest BCUT2D eigenvalue weighted by Crippen LogP contribution is -2.68. The first-order valence-electron chi connectivity index (χ1n) is 6.41. The number of anilines is 1. The van der Waals surface area contributed by atoms with Gasteiger partial charge in [0, 0.05) is 0 Å². The van der Waals surface area contributed by atoms with Gasteiger partial charge in [-0.1, -0.05) is 18.5 Å². The number of hydrogen-bond acceptors (Lipinski definition) is 2. The van der Waals surface area contributed by atoms with Gasteiger partial charge in [0.15, 0.2) is 0 Å². The average Bonchev–Trinajstić information content (AvgIpc) is 2.41. The van der Waals surface area contributed by atoms with Crippen molar-refractivity contribution in [1.82, 2.24) is 5.32 Å². The number of nitrogens with zero attached hydrogens (tertiary/aromatic N) is 1. The molecule has 2 unspecified atom stereocenters. The van der Waals surface area contributed by atoms with Crippen LogP contribution >= 0.6 is 11.6 Å². The number of carbonyl (C=O) groups is 2. The molecule has 1 aromatic carbocycles. The first-order chi connectivity index (χ1) is 9.30. The number of halogens is 2. The average molecular weight is 299 g/mol. The van der Waals surface area contributed by atoms with Crippen LogP contribution in [0, 0.1) is 5.82 Å². The van der Waals surface area contributed by atoms with Gasteiger partial charge in [-0.25, -0.2) is 4.39 Å². The molecule has 0 saturated carbocycles. The van der Waals surface area contributed by atoms with Crippen LogP contribution in [0.4, 0.5) is 10.1 Å². The fourth-order valence-electron chi connectivity index (χ4n) is 2.22. The molecule has 2 amide bonds. The summed E-state index contributed by atoms with van der Waals surface area (Å²) in [7, 11) is 0. The second-order valence-corrected chi connectivity index (χ2v) is 5.53. The van der Waals surface area contributed by atoms with Crippen molar-refractivity contribution in [3.05, 3.63) is 29.0 Å². The van der Waals surface area contributed by atoms with Crippen molar-refractivity contribution in [2.45, 2.75) is 38.8 Å². The lowest BCUT2D eigenvalue weighted by Gasteiger charge is -2.43. The van der Waals surface area contributed by atoms with Crippen LogP contribution in [0.1, 0.15) is 27.2 Å². The summed E-state index contributed by atoms with van der Waals surface area (Å²) in [6.45, 7) is 5.04. The molecule has 6 heteroatoms. The minimum absolute atomic E-state index is 0.221. The lowest BCUT2D eigenvalue weighted by atomic mass is 9.91. The van der Waals surface area contributed by atoms with Crippen LogP contribution in [-0.2, 0) is 9.59 Å². The van der Waals surface area contributed by atoms with Crippen LogP contribution in [-0.4, -0.2) is 23.4 Å². The quantitative estimate of drug-likeness (QED) is 0.912. The molecule has 1 aromatic rings. The zero-order chi connectivity index (χ0) is 15.1. The molecule has 1 fully saturated rings. The van der Waals surface area contributed by atoms with Gasteiger partial charge in [-0.2, -0.15) is 0 Å². The highest BCUT2D eigenvalue weighted by Gasteiger charge is 2.46. The van der Waals surface area contributed by atoms with Gasteiger partial charge in [-0.3, -0.25) is 14.5 Å². The number of piperazine rings is 1. The summed E-state index contributed by atoms with van der Waals surface area (Å²) >= 11 is 6.05. The van der Waals surface area contributed by atoms with E-state index in [1.165, 1.54) is 23.1 Å². The molecule has 0 aromatic heterocycles. The van der Waals surface area contributed by atoms with Crippen molar-refractivity contribution in [3.63, 3.8) is 0 Å². The van der Waals surface area contributed by atoms with Gasteiger partial charge in [0.25, 0.3) is 5.91 Å². The SMILES string of the molecule is CCC1(C)NC(=O)C(C)N(c2cc(F)ccc2Cl)C1=O. The number of benzene rings is 1. The lowest BCUT2D eigenvalue weighted by molar-refractivity contribution is -0.137. The molecule has 108 valence electrons. The van der Waals surface area contributed by atoms with Crippen molar-refractivity contribution >= 4 is 29.1 Å². The van der Waals surface area contributed by atoms with E-state index in [2.05, 4.69) is 5.32 Å². The van der Waals surface area contributed by atoms with Gasteiger partial charge in [0.05, 0.1) is 10.7 Å². The van der Waals surface area contributed by atoms with E-state index in [1.807, 2.05) is 0 Å². The van der Waals surface area contributed by atoms with E-state index in [9.17, 15) is 14.0 Å². The largest absolute Gasteiger partial charge is 0.340 e. The van der Waals surface area contributed by atoms with E-state index >= 15 is 0 Å². The van der Waals surface area contributed by atoms with Crippen LogP contribution in [0.25, 0.3) is 0 Å². The molecule has 0 radical (unpaired) electrons. The van der Waals surface area contributed by atoms with Gasteiger partial charge >= 0.3 is 0 Å². The Hall–Kier alpha value is -1.62. The van der Waals surface area contributed by atoms with Crippen molar-refractivity contribution in [2.24, 2.45) is 0 Å². The third-order valence-corrected chi connectivity index (χ3v) is 4.05. The maximum Gasteiger partial charge on any atom is 0.253 e. The number of rotatable bonds is 2. The second kappa shape index (κ2) is 5.05. The maximum atomic E-state index is 13.4. The summed E-state index contributed by atoms with van der Waals surface area (Å²) in [5.41, 5.74) is -0.780. The Balaban J connectivity index is 2.54. The molecule has 20 heavy (non-hydrogen) atoms. The zero-order valence-electron chi connectivity index (χ0n) is 11.5. The molecule has 1 saturated heterocycles. The molecule has 2 rings (SSSR count). The van der Waals surface area contributed by atoms with Gasteiger partial charge < -0.3 is 5.32 Å². The minimum atomic E-state index is -1.00. The molecule has 0 aliphatic carbocycles. The van der Waals surface area contributed by atoms with E-state index in [1.54, 1.807) is 20.8 Å². The van der Waals surface area contributed by atoms with E-state index in [4.69, 9.17) is 11.6 Å². The molecule has 2 atom stereocenters. The molecule has 4 nitrogen and oxygen atoms in total.